The van der Waals surface area contributed by atoms with E-state index in [-0.39, 0.29) is 12.4 Å². The number of ether oxygens (including phenoxy) is 2. The molecule has 0 aromatic rings. The van der Waals surface area contributed by atoms with Crippen LogP contribution in [-0.4, -0.2) is 63.3 Å². The zero-order chi connectivity index (χ0) is 26.3. The van der Waals surface area contributed by atoms with E-state index in [2.05, 4.69) is 4.18 Å². The molecule has 1 amide bonds. The van der Waals surface area contributed by atoms with E-state index in [9.17, 15) is 26.4 Å². The predicted molar refractivity (Wildman–Crippen MR) is 122 cm³/mol. The fraction of sp³-hybridized carbons (Fsp3) is 0.857. The Kier molecular flexibility index (Phi) is 8.18. The average molecular weight is 532 g/mol. The van der Waals surface area contributed by atoms with Crippen molar-refractivity contribution in [3.05, 3.63) is 11.8 Å². The van der Waals surface area contributed by atoms with Gasteiger partial charge >= 0.3 is 21.7 Å². The van der Waals surface area contributed by atoms with E-state index >= 15 is 0 Å². The summed E-state index contributed by atoms with van der Waals surface area (Å²) in [6.07, 6.45) is 1.12. The van der Waals surface area contributed by atoms with Crippen LogP contribution in [0.4, 0.5) is 18.0 Å². The third kappa shape index (κ3) is 7.11. The fourth-order valence-corrected chi connectivity index (χ4v) is 5.73. The third-order valence-corrected chi connectivity index (χ3v) is 7.25. The van der Waals surface area contributed by atoms with Gasteiger partial charge in [0.1, 0.15) is 17.1 Å². The number of rotatable bonds is 6. The second-order valence-electron chi connectivity index (χ2n) is 11.0. The van der Waals surface area contributed by atoms with E-state index < -0.39 is 59.4 Å². The van der Waals surface area contributed by atoms with Crippen LogP contribution in [0, 0.1) is 5.92 Å². The van der Waals surface area contributed by atoms with Gasteiger partial charge < -0.3 is 18.1 Å². The summed E-state index contributed by atoms with van der Waals surface area (Å²) in [4.78, 5) is 14.6. The van der Waals surface area contributed by atoms with E-state index in [1.165, 1.54) is 11.0 Å². The second-order valence-corrected chi connectivity index (χ2v) is 17.0. The van der Waals surface area contributed by atoms with Crippen molar-refractivity contribution in [1.29, 1.82) is 0 Å². The molecule has 2 aliphatic rings. The molecular weight excluding hydrogens is 495 g/mol. The molecule has 0 unspecified atom stereocenters. The highest BCUT2D eigenvalue weighted by molar-refractivity contribution is 7.87. The maximum atomic E-state index is 13.2. The Balaban J connectivity index is 2.50. The Labute approximate surface area is 201 Å². The zero-order valence-electron chi connectivity index (χ0n) is 21.0. The van der Waals surface area contributed by atoms with E-state index in [0.717, 1.165) is 0 Å². The van der Waals surface area contributed by atoms with Gasteiger partial charge in [-0.05, 0) is 79.6 Å². The highest BCUT2D eigenvalue weighted by atomic mass is 32.2. The number of alkyl halides is 3. The average Bonchev–Trinajstić information content (AvgIpc) is 2.92. The number of nitrogens with zero attached hydrogens (tertiary/aromatic N) is 1. The molecule has 1 aliphatic carbocycles. The SMILES string of the molecule is CC(C)(C)OC(=O)N1[C@@H]([C@@H](O[Si](C)(C)C)[C@H]2CCCC=C2OS(=O)(=O)C(F)(F)F)COC1(C)C. The minimum atomic E-state index is -5.86. The van der Waals surface area contributed by atoms with Gasteiger partial charge in [0.25, 0.3) is 0 Å². The van der Waals surface area contributed by atoms with E-state index in [1.54, 1.807) is 34.6 Å². The molecule has 0 N–H and O–H groups in total. The van der Waals surface area contributed by atoms with Crippen molar-refractivity contribution in [3.63, 3.8) is 0 Å². The summed E-state index contributed by atoms with van der Waals surface area (Å²) in [5.74, 6) is -1.15. The Morgan fingerprint density at radius 3 is 2.32 bits per heavy atom. The number of carbonyl (C=O) groups excluding carboxylic acids is 1. The first-order valence-electron chi connectivity index (χ1n) is 11.2. The van der Waals surface area contributed by atoms with Crippen molar-refractivity contribution in [2.75, 3.05) is 6.61 Å². The summed E-state index contributed by atoms with van der Waals surface area (Å²) in [6, 6.07) is -0.736. The lowest BCUT2D eigenvalue weighted by Gasteiger charge is -2.42. The zero-order valence-corrected chi connectivity index (χ0v) is 22.8. The number of halogens is 3. The second kappa shape index (κ2) is 9.62. The minimum Gasteiger partial charge on any atom is -0.444 e. The molecule has 0 bridgehead atoms. The molecule has 13 heteroatoms. The first kappa shape index (κ1) is 28.9. The first-order chi connectivity index (χ1) is 15.1. The van der Waals surface area contributed by atoms with Crippen LogP contribution in [-0.2, 0) is 28.2 Å². The van der Waals surface area contributed by atoms with Gasteiger partial charge in [-0.1, -0.05) is 0 Å². The van der Waals surface area contributed by atoms with Crippen LogP contribution in [0.3, 0.4) is 0 Å². The van der Waals surface area contributed by atoms with Gasteiger partial charge in [-0.25, -0.2) is 4.79 Å². The van der Waals surface area contributed by atoms with Gasteiger partial charge in [0.15, 0.2) is 8.32 Å². The molecule has 2 rings (SSSR count). The fourth-order valence-electron chi connectivity index (χ4n) is 4.05. The molecular formula is C21H36F3NO7SSi. The lowest BCUT2D eigenvalue weighted by Crippen LogP contribution is -2.57. The van der Waals surface area contributed by atoms with Crippen molar-refractivity contribution < 1.29 is 44.5 Å². The predicted octanol–water partition coefficient (Wildman–Crippen LogP) is 5.13. The molecule has 1 aliphatic heterocycles. The highest BCUT2D eigenvalue weighted by Gasteiger charge is 2.54. The Morgan fingerprint density at radius 2 is 1.82 bits per heavy atom. The van der Waals surface area contributed by atoms with Crippen molar-refractivity contribution in [2.24, 2.45) is 5.92 Å². The van der Waals surface area contributed by atoms with Crippen molar-refractivity contribution >= 4 is 24.5 Å². The lowest BCUT2D eigenvalue weighted by atomic mass is 9.85. The summed E-state index contributed by atoms with van der Waals surface area (Å²) in [5, 5.41) is 0. The van der Waals surface area contributed by atoms with Crippen LogP contribution in [0.1, 0.15) is 53.9 Å². The van der Waals surface area contributed by atoms with E-state index in [1.807, 2.05) is 19.6 Å². The number of allylic oxidation sites excluding steroid dienone is 1. The van der Waals surface area contributed by atoms with E-state index in [4.69, 9.17) is 13.9 Å². The van der Waals surface area contributed by atoms with Crippen LogP contribution in [0.5, 0.6) is 0 Å². The summed E-state index contributed by atoms with van der Waals surface area (Å²) in [7, 11) is -8.20. The summed E-state index contributed by atoms with van der Waals surface area (Å²) in [5.41, 5.74) is -7.44. The molecule has 1 fully saturated rings. The molecule has 198 valence electrons. The smallest absolute Gasteiger partial charge is 0.444 e. The molecule has 0 radical (unpaired) electrons. The number of hydrogen-bond acceptors (Lipinski definition) is 7. The molecule has 34 heavy (non-hydrogen) atoms. The van der Waals surface area contributed by atoms with Gasteiger partial charge in [0.05, 0.1) is 18.8 Å². The third-order valence-electron chi connectivity index (χ3n) is 5.29. The van der Waals surface area contributed by atoms with Gasteiger partial charge in [0.2, 0.25) is 0 Å². The van der Waals surface area contributed by atoms with Crippen molar-refractivity contribution in [1.82, 2.24) is 4.90 Å². The molecule has 8 nitrogen and oxygen atoms in total. The summed E-state index contributed by atoms with van der Waals surface area (Å²) >= 11 is 0. The standard InChI is InChI=1S/C21H36F3NO7SSi/c1-19(2,3)30-18(26)25-15(13-29-20(25,4)5)17(32-34(6,7)8)14-11-9-10-12-16(14)31-33(27,28)21(22,23)24/h12,14-15,17H,9-11,13H2,1-8H3/t14-,15+,17-/m0/s1. The number of carbonyl (C=O) groups is 1. The number of hydrogen-bond donors (Lipinski definition) is 0. The minimum absolute atomic E-state index is 0.0389. The largest absolute Gasteiger partial charge is 0.534 e. The molecule has 1 saturated heterocycles. The van der Waals surface area contributed by atoms with Gasteiger partial charge in [0, 0.05) is 5.92 Å². The Hall–Kier alpha value is -1.31. The maximum absolute atomic E-state index is 13.2. The molecule has 1 heterocycles. The Bertz CT molecular complexity index is 892. The van der Waals surface area contributed by atoms with Crippen LogP contribution in [0.15, 0.2) is 11.8 Å². The van der Waals surface area contributed by atoms with Crippen molar-refractivity contribution in [3.8, 4) is 0 Å². The summed E-state index contributed by atoms with van der Waals surface area (Å²) in [6.45, 7) is 14.3. The maximum Gasteiger partial charge on any atom is 0.534 e. The first-order valence-corrected chi connectivity index (χ1v) is 16.0. The van der Waals surface area contributed by atoms with Crippen molar-refractivity contribution in [2.45, 2.75) is 103 Å². The van der Waals surface area contributed by atoms with Crippen LogP contribution in [0.2, 0.25) is 19.6 Å². The topological polar surface area (TPSA) is 91.4 Å². The Morgan fingerprint density at radius 1 is 1.24 bits per heavy atom. The van der Waals surface area contributed by atoms with Gasteiger partial charge in [-0.3, -0.25) is 4.90 Å². The van der Waals surface area contributed by atoms with Crippen LogP contribution >= 0.6 is 0 Å². The van der Waals surface area contributed by atoms with Crippen LogP contribution < -0.4 is 0 Å². The normalized spacial score (nSPS) is 25.0. The molecule has 3 atom stereocenters. The van der Waals surface area contributed by atoms with Crippen LogP contribution in [0.25, 0.3) is 0 Å². The van der Waals surface area contributed by atoms with Gasteiger partial charge in [-0.2, -0.15) is 21.6 Å². The molecule has 0 saturated carbocycles. The monoisotopic (exact) mass is 531 g/mol. The molecule has 0 spiro atoms. The highest BCUT2D eigenvalue weighted by Crippen LogP contribution is 2.41. The molecule has 0 aromatic heterocycles. The lowest BCUT2D eigenvalue weighted by molar-refractivity contribution is -0.0700. The summed E-state index contributed by atoms with van der Waals surface area (Å²) < 4.78 is 85.3. The quantitative estimate of drug-likeness (QED) is 0.267. The van der Waals surface area contributed by atoms with Gasteiger partial charge in [-0.15, -0.1) is 0 Å². The number of amides is 1. The molecule has 0 aromatic carbocycles. The van der Waals surface area contributed by atoms with E-state index in [0.29, 0.717) is 19.3 Å².